The molecule has 0 saturated carbocycles. The van der Waals surface area contributed by atoms with Crippen LogP contribution in [0.5, 0.6) is 0 Å². The van der Waals surface area contributed by atoms with E-state index in [1.165, 1.54) is 0 Å². The number of hydrogen-bond donors (Lipinski definition) is 2. The third-order valence-corrected chi connectivity index (χ3v) is 1.94. The zero-order valence-electron chi connectivity index (χ0n) is 7.70. The summed E-state index contributed by atoms with van der Waals surface area (Å²) in [6.45, 7) is 1.64. The van der Waals surface area contributed by atoms with Gasteiger partial charge in [0.2, 0.25) is 0 Å². The van der Waals surface area contributed by atoms with Crippen LogP contribution in [0.3, 0.4) is 0 Å². The van der Waals surface area contributed by atoms with Gasteiger partial charge in [0.05, 0.1) is 12.4 Å². The van der Waals surface area contributed by atoms with Crippen LogP contribution in [0.4, 0.5) is 0 Å². The molecule has 0 fully saturated rings. The molecule has 0 aliphatic carbocycles. The summed E-state index contributed by atoms with van der Waals surface area (Å²) in [5.41, 5.74) is 1.68. The van der Waals surface area contributed by atoms with Gasteiger partial charge in [-0.2, -0.15) is 0 Å². The molecule has 0 radical (unpaired) electrons. The summed E-state index contributed by atoms with van der Waals surface area (Å²) >= 11 is 0. The number of aliphatic hydroxyl groups excluding tert-OH is 2. The maximum atomic E-state index is 9.49. The van der Waals surface area contributed by atoms with Gasteiger partial charge < -0.3 is 10.2 Å². The first-order valence-electron chi connectivity index (χ1n) is 4.26. The van der Waals surface area contributed by atoms with Gasteiger partial charge in [-0.1, -0.05) is 30.3 Å². The molecule has 0 spiro atoms. The first kappa shape index (κ1) is 9.81. The lowest BCUT2D eigenvalue weighted by Gasteiger charge is -2.03. The predicted molar refractivity (Wildman–Crippen MR) is 52.6 cm³/mol. The van der Waals surface area contributed by atoms with Gasteiger partial charge in [0.15, 0.2) is 0 Å². The second-order valence-electron chi connectivity index (χ2n) is 3.05. The molecular weight excluding hydrogens is 164 g/mol. The normalized spacial score (nSPS) is 12.5. The number of hydrogen-bond acceptors (Lipinski definition) is 2. The zero-order chi connectivity index (χ0) is 9.68. The molecule has 0 bridgehead atoms. The highest BCUT2D eigenvalue weighted by molar-refractivity contribution is 5.21. The van der Waals surface area contributed by atoms with Crippen molar-refractivity contribution in [2.45, 2.75) is 13.3 Å². The van der Waals surface area contributed by atoms with E-state index < -0.39 is 0 Å². The van der Waals surface area contributed by atoms with Crippen molar-refractivity contribution in [3.05, 3.63) is 47.2 Å². The maximum Gasteiger partial charge on any atom is 0.0978 e. The molecule has 0 unspecified atom stereocenters. The lowest BCUT2D eigenvalue weighted by molar-refractivity contribution is 0.312. The van der Waals surface area contributed by atoms with Crippen LogP contribution in [0.15, 0.2) is 41.7 Å². The fourth-order valence-corrected chi connectivity index (χ4v) is 1.03. The molecule has 0 aromatic heterocycles. The standard InChI is InChI=1S/C11H14O2/c1-9(8-12)11(13)7-10-5-3-2-4-6-10/h2-6,12-13H,7-8H2,1H3. The van der Waals surface area contributed by atoms with Gasteiger partial charge in [-0.25, -0.2) is 0 Å². The SMILES string of the molecule is CC(CO)=C(O)Cc1ccccc1. The third-order valence-electron chi connectivity index (χ3n) is 1.94. The minimum absolute atomic E-state index is 0.0847. The average Bonchev–Trinajstić information content (AvgIpc) is 2.18. The van der Waals surface area contributed by atoms with Crippen LogP contribution < -0.4 is 0 Å². The molecule has 0 saturated heterocycles. The Bertz CT molecular complexity index is 288. The highest BCUT2D eigenvalue weighted by atomic mass is 16.3. The van der Waals surface area contributed by atoms with Crippen LogP contribution >= 0.6 is 0 Å². The smallest absolute Gasteiger partial charge is 0.0978 e. The number of allylic oxidation sites excluding steroid dienone is 1. The van der Waals surface area contributed by atoms with E-state index in [0.29, 0.717) is 12.0 Å². The van der Waals surface area contributed by atoms with Gasteiger partial charge in [0, 0.05) is 6.42 Å². The number of aliphatic hydroxyl groups is 2. The van der Waals surface area contributed by atoms with Gasteiger partial charge in [-0.05, 0) is 18.1 Å². The van der Waals surface area contributed by atoms with Gasteiger partial charge in [0.25, 0.3) is 0 Å². The van der Waals surface area contributed by atoms with Gasteiger partial charge in [0.1, 0.15) is 0 Å². The minimum Gasteiger partial charge on any atom is -0.512 e. The topological polar surface area (TPSA) is 40.5 Å². The highest BCUT2D eigenvalue weighted by Gasteiger charge is 2.00. The van der Waals surface area contributed by atoms with E-state index >= 15 is 0 Å². The van der Waals surface area contributed by atoms with Gasteiger partial charge in [-0.3, -0.25) is 0 Å². The second kappa shape index (κ2) is 4.67. The van der Waals surface area contributed by atoms with Crippen LogP contribution in [0, 0.1) is 0 Å². The minimum atomic E-state index is -0.0847. The van der Waals surface area contributed by atoms with E-state index in [-0.39, 0.29) is 12.4 Å². The molecule has 2 nitrogen and oxygen atoms in total. The number of rotatable bonds is 3. The molecule has 0 amide bonds. The van der Waals surface area contributed by atoms with Crippen LogP contribution in [0.1, 0.15) is 12.5 Å². The Balaban J connectivity index is 2.70. The summed E-state index contributed by atoms with van der Waals surface area (Å²) in [6, 6.07) is 9.68. The molecule has 0 aliphatic rings. The van der Waals surface area contributed by atoms with E-state index in [9.17, 15) is 5.11 Å². The van der Waals surface area contributed by atoms with Crippen LogP contribution in [0.2, 0.25) is 0 Å². The Morgan fingerprint density at radius 3 is 2.38 bits per heavy atom. The summed E-state index contributed by atoms with van der Waals surface area (Å²) in [5, 5.41) is 18.3. The fourth-order valence-electron chi connectivity index (χ4n) is 1.03. The quantitative estimate of drug-likeness (QED) is 0.695. The van der Waals surface area contributed by atoms with E-state index in [1.54, 1.807) is 6.92 Å². The van der Waals surface area contributed by atoms with Crippen molar-refractivity contribution in [1.29, 1.82) is 0 Å². The van der Waals surface area contributed by atoms with Crippen LogP contribution in [-0.4, -0.2) is 16.8 Å². The molecule has 0 atom stereocenters. The Kier molecular flexibility index (Phi) is 3.53. The molecule has 1 aromatic rings. The molecular formula is C11H14O2. The zero-order valence-corrected chi connectivity index (χ0v) is 7.70. The van der Waals surface area contributed by atoms with Crippen molar-refractivity contribution in [2.24, 2.45) is 0 Å². The van der Waals surface area contributed by atoms with E-state index in [2.05, 4.69) is 0 Å². The molecule has 1 rings (SSSR count). The fraction of sp³-hybridized carbons (Fsp3) is 0.273. The van der Waals surface area contributed by atoms with Crippen molar-refractivity contribution in [1.82, 2.24) is 0 Å². The predicted octanol–water partition coefficient (Wildman–Crippen LogP) is 2.05. The molecule has 2 heteroatoms. The third kappa shape index (κ3) is 2.92. The highest BCUT2D eigenvalue weighted by Crippen LogP contribution is 2.08. The number of benzene rings is 1. The Labute approximate surface area is 78.2 Å². The van der Waals surface area contributed by atoms with Crippen LogP contribution in [0.25, 0.3) is 0 Å². The lowest BCUT2D eigenvalue weighted by Crippen LogP contribution is -1.96. The van der Waals surface area contributed by atoms with E-state index in [0.717, 1.165) is 5.56 Å². The summed E-state index contributed by atoms with van der Waals surface area (Å²) < 4.78 is 0. The molecule has 1 aromatic carbocycles. The Hall–Kier alpha value is -1.28. The maximum absolute atomic E-state index is 9.49. The summed E-state index contributed by atoms with van der Waals surface area (Å²) in [5.74, 6) is 0.258. The molecule has 0 heterocycles. The monoisotopic (exact) mass is 178 g/mol. The summed E-state index contributed by atoms with van der Waals surface area (Å²) in [4.78, 5) is 0. The van der Waals surface area contributed by atoms with Crippen molar-refractivity contribution in [2.75, 3.05) is 6.61 Å². The van der Waals surface area contributed by atoms with Crippen molar-refractivity contribution >= 4 is 0 Å². The van der Waals surface area contributed by atoms with Gasteiger partial charge in [-0.15, -0.1) is 0 Å². The summed E-state index contributed by atoms with van der Waals surface area (Å²) in [7, 11) is 0. The molecule has 13 heavy (non-hydrogen) atoms. The van der Waals surface area contributed by atoms with Crippen LogP contribution in [-0.2, 0) is 6.42 Å². The molecule has 0 aliphatic heterocycles. The van der Waals surface area contributed by atoms with E-state index in [4.69, 9.17) is 5.11 Å². The first-order valence-corrected chi connectivity index (χ1v) is 4.26. The first-order chi connectivity index (χ1) is 6.24. The average molecular weight is 178 g/mol. The van der Waals surface area contributed by atoms with Crippen molar-refractivity contribution in [3.63, 3.8) is 0 Å². The molecule has 70 valence electrons. The second-order valence-corrected chi connectivity index (χ2v) is 3.05. The Morgan fingerprint density at radius 2 is 1.85 bits per heavy atom. The largest absolute Gasteiger partial charge is 0.512 e. The Morgan fingerprint density at radius 1 is 1.23 bits per heavy atom. The van der Waals surface area contributed by atoms with E-state index in [1.807, 2.05) is 30.3 Å². The van der Waals surface area contributed by atoms with Crippen molar-refractivity contribution in [3.8, 4) is 0 Å². The van der Waals surface area contributed by atoms with Gasteiger partial charge >= 0.3 is 0 Å². The lowest BCUT2D eigenvalue weighted by atomic mass is 10.1. The molecule has 2 N–H and O–H groups in total. The summed E-state index contributed by atoms with van der Waals surface area (Å²) in [6.07, 6.45) is 0.493. The van der Waals surface area contributed by atoms with Crippen molar-refractivity contribution < 1.29 is 10.2 Å².